The van der Waals surface area contributed by atoms with E-state index in [0.717, 1.165) is 24.3 Å². The number of amides is 1. The number of aryl methyl sites for hydroxylation is 1. The van der Waals surface area contributed by atoms with Crippen LogP contribution >= 0.6 is 0 Å². The Bertz CT molecular complexity index is 665. The molecule has 2 rings (SSSR count). The summed E-state index contributed by atoms with van der Waals surface area (Å²) < 4.78 is 16.1. The fourth-order valence-electron chi connectivity index (χ4n) is 2.40. The Morgan fingerprint density at radius 1 is 0.962 bits per heavy atom. The average Bonchev–Trinajstić information content (AvgIpc) is 2.65. The molecular formula is C21H27NO4. The highest BCUT2D eigenvalue weighted by Gasteiger charge is 2.03. The fourth-order valence-corrected chi connectivity index (χ4v) is 2.40. The van der Waals surface area contributed by atoms with Crippen molar-refractivity contribution in [3.63, 3.8) is 0 Å². The predicted octanol–water partition coefficient (Wildman–Crippen LogP) is 3.61. The monoisotopic (exact) mass is 357 g/mol. The van der Waals surface area contributed by atoms with E-state index in [-0.39, 0.29) is 18.6 Å². The van der Waals surface area contributed by atoms with E-state index in [1.54, 1.807) is 31.4 Å². The quantitative estimate of drug-likeness (QED) is 0.660. The van der Waals surface area contributed by atoms with Gasteiger partial charge in [0, 0.05) is 6.54 Å². The Labute approximate surface area is 155 Å². The number of nitrogens with one attached hydrogen (secondary N) is 1. The van der Waals surface area contributed by atoms with E-state index in [2.05, 4.69) is 17.4 Å². The zero-order valence-electron chi connectivity index (χ0n) is 15.7. The molecule has 2 aromatic carbocycles. The van der Waals surface area contributed by atoms with Crippen molar-refractivity contribution in [3.8, 4) is 17.2 Å². The van der Waals surface area contributed by atoms with Crippen LogP contribution < -0.4 is 19.5 Å². The molecule has 2 aromatic rings. The molecule has 1 amide bonds. The minimum atomic E-state index is -0.124. The lowest BCUT2D eigenvalue weighted by Gasteiger charge is -2.10. The summed E-state index contributed by atoms with van der Waals surface area (Å²) in [5.41, 5.74) is 1.23. The van der Waals surface area contributed by atoms with Crippen LogP contribution in [0.1, 0.15) is 25.8 Å². The van der Waals surface area contributed by atoms with Gasteiger partial charge in [-0.1, -0.05) is 12.1 Å². The summed E-state index contributed by atoms with van der Waals surface area (Å²) in [5.74, 6) is 2.16. The van der Waals surface area contributed by atoms with Gasteiger partial charge in [-0.15, -0.1) is 0 Å². The largest absolute Gasteiger partial charge is 0.497 e. The first-order valence-electron chi connectivity index (χ1n) is 8.86. The third-order valence-corrected chi connectivity index (χ3v) is 3.69. The summed E-state index contributed by atoms with van der Waals surface area (Å²) in [6.07, 6.45) is 1.96. The molecule has 1 N–H and O–H groups in total. The number of rotatable bonds is 10. The number of hydrogen-bond donors (Lipinski definition) is 1. The lowest BCUT2D eigenvalue weighted by molar-refractivity contribution is -0.123. The Morgan fingerprint density at radius 2 is 1.58 bits per heavy atom. The maximum Gasteiger partial charge on any atom is 0.257 e. The van der Waals surface area contributed by atoms with Gasteiger partial charge in [-0.05, 0) is 68.7 Å². The van der Waals surface area contributed by atoms with Crippen molar-refractivity contribution in [2.45, 2.75) is 32.8 Å². The molecule has 26 heavy (non-hydrogen) atoms. The maximum atomic E-state index is 11.8. The molecule has 0 bridgehead atoms. The van der Waals surface area contributed by atoms with E-state index in [1.807, 2.05) is 26.0 Å². The van der Waals surface area contributed by atoms with E-state index in [4.69, 9.17) is 14.2 Å². The van der Waals surface area contributed by atoms with Crippen LogP contribution in [0, 0.1) is 0 Å². The van der Waals surface area contributed by atoms with Crippen molar-refractivity contribution in [2.24, 2.45) is 0 Å². The first kappa shape index (κ1) is 19.6. The van der Waals surface area contributed by atoms with Crippen LogP contribution in [0.3, 0.4) is 0 Å². The molecule has 0 aliphatic heterocycles. The zero-order chi connectivity index (χ0) is 18.8. The highest BCUT2D eigenvalue weighted by molar-refractivity contribution is 5.77. The topological polar surface area (TPSA) is 56.8 Å². The predicted molar refractivity (Wildman–Crippen MR) is 102 cm³/mol. The number of carbonyl (C=O) groups excluding carboxylic acids is 1. The first-order chi connectivity index (χ1) is 12.6. The summed E-state index contributed by atoms with van der Waals surface area (Å²) in [6.45, 7) is 4.65. The molecular weight excluding hydrogens is 330 g/mol. The van der Waals surface area contributed by atoms with Crippen molar-refractivity contribution in [2.75, 3.05) is 20.3 Å². The molecule has 0 aliphatic rings. The average molecular weight is 357 g/mol. The summed E-state index contributed by atoms with van der Waals surface area (Å²) >= 11 is 0. The molecule has 0 saturated heterocycles. The van der Waals surface area contributed by atoms with Gasteiger partial charge >= 0.3 is 0 Å². The van der Waals surface area contributed by atoms with Gasteiger partial charge in [-0.3, -0.25) is 4.79 Å². The minimum absolute atomic E-state index is 0.00751. The molecule has 0 saturated carbocycles. The van der Waals surface area contributed by atoms with Gasteiger partial charge in [-0.25, -0.2) is 0 Å². The van der Waals surface area contributed by atoms with Gasteiger partial charge in [0.2, 0.25) is 0 Å². The SMILES string of the molecule is COc1ccc(OCC(=O)NCCCc2ccc(OC(C)C)cc2)cc1. The van der Waals surface area contributed by atoms with Crippen LogP contribution in [0.5, 0.6) is 17.2 Å². The molecule has 0 aliphatic carbocycles. The van der Waals surface area contributed by atoms with E-state index in [9.17, 15) is 4.79 Å². The Morgan fingerprint density at radius 3 is 2.19 bits per heavy atom. The molecule has 0 atom stereocenters. The second kappa shape index (κ2) is 10.3. The zero-order valence-corrected chi connectivity index (χ0v) is 15.7. The molecule has 140 valence electrons. The van der Waals surface area contributed by atoms with Gasteiger partial charge in [0.25, 0.3) is 5.91 Å². The summed E-state index contributed by atoms with van der Waals surface area (Å²) in [6, 6.07) is 15.2. The Balaban J connectivity index is 1.62. The highest BCUT2D eigenvalue weighted by atomic mass is 16.5. The minimum Gasteiger partial charge on any atom is -0.497 e. The van der Waals surface area contributed by atoms with Gasteiger partial charge in [-0.2, -0.15) is 0 Å². The van der Waals surface area contributed by atoms with E-state index >= 15 is 0 Å². The molecule has 0 fully saturated rings. The van der Waals surface area contributed by atoms with Crippen molar-refractivity contribution in [1.29, 1.82) is 0 Å². The molecule has 0 spiro atoms. The van der Waals surface area contributed by atoms with Crippen molar-refractivity contribution >= 4 is 5.91 Å². The normalized spacial score (nSPS) is 10.5. The van der Waals surface area contributed by atoms with E-state index < -0.39 is 0 Å². The van der Waals surface area contributed by atoms with Crippen LogP contribution in [-0.2, 0) is 11.2 Å². The van der Waals surface area contributed by atoms with Gasteiger partial charge in [0.15, 0.2) is 6.61 Å². The molecule has 0 heterocycles. The van der Waals surface area contributed by atoms with Crippen LogP contribution in [0.4, 0.5) is 0 Å². The van der Waals surface area contributed by atoms with Gasteiger partial charge in [0.1, 0.15) is 17.2 Å². The maximum absolute atomic E-state index is 11.8. The number of carbonyl (C=O) groups is 1. The molecule has 5 heteroatoms. The molecule has 0 radical (unpaired) electrons. The van der Waals surface area contributed by atoms with Crippen LogP contribution in [0.2, 0.25) is 0 Å². The third kappa shape index (κ3) is 7.05. The number of benzene rings is 2. The Hall–Kier alpha value is -2.69. The summed E-state index contributed by atoms with van der Waals surface area (Å²) in [4.78, 5) is 11.8. The number of hydrogen-bond acceptors (Lipinski definition) is 4. The smallest absolute Gasteiger partial charge is 0.257 e. The molecule has 5 nitrogen and oxygen atoms in total. The van der Waals surface area contributed by atoms with E-state index in [1.165, 1.54) is 5.56 Å². The van der Waals surface area contributed by atoms with Crippen molar-refractivity contribution < 1.29 is 19.0 Å². The second-order valence-corrected chi connectivity index (χ2v) is 6.23. The second-order valence-electron chi connectivity index (χ2n) is 6.23. The van der Waals surface area contributed by atoms with Crippen LogP contribution in [0.15, 0.2) is 48.5 Å². The first-order valence-corrected chi connectivity index (χ1v) is 8.86. The number of methoxy groups -OCH3 is 1. The summed E-state index contributed by atoms with van der Waals surface area (Å²) in [5, 5.41) is 2.87. The standard InChI is InChI=1S/C21H27NO4/c1-16(2)26-20-8-6-17(7-9-20)5-4-14-22-21(23)15-25-19-12-10-18(24-3)11-13-19/h6-13,16H,4-5,14-15H2,1-3H3,(H,22,23). The van der Waals surface area contributed by atoms with Gasteiger partial charge < -0.3 is 19.5 Å². The van der Waals surface area contributed by atoms with Crippen molar-refractivity contribution in [3.05, 3.63) is 54.1 Å². The van der Waals surface area contributed by atoms with Crippen LogP contribution in [0.25, 0.3) is 0 Å². The molecule has 0 aromatic heterocycles. The number of ether oxygens (including phenoxy) is 3. The molecule has 0 unspecified atom stereocenters. The Kier molecular flexibility index (Phi) is 7.80. The van der Waals surface area contributed by atoms with Crippen LogP contribution in [-0.4, -0.2) is 32.3 Å². The lowest BCUT2D eigenvalue weighted by Crippen LogP contribution is -2.29. The summed E-state index contributed by atoms with van der Waals surface area (Å²) in [7, 11) is 1.61. The highest BCUT2D eigenvalue weighted by Crippen LogP contribution is 2.17. The fraction of sp³-hybridized carbons (Fsp3) is 0.381. The van der Waals surface area contributed by atoms with E-state index in [0.29, 0.717) is 12.3 Å². The lowest BCUT2D eigenvalue weighted by atomic mass is 10.1. The van der Waals surface area contributed by atoms with Crippen molar-refractivity contribution in [1.82, 2.24) is 5.32 Å². The third-order valence-electron chi connectivity index (χ3n) is 3.69. The van der Waals surface area contributed by atoms with Gasteiger partial charge in [0.05, 0.1) is 13.2 Å².